The van der Waals surface area contributed by atoms with Gasteiger partial charge in [0.1, 0.15) is 0 Å². The van der Waals surface area contributed by atoms with E-state index in [1.807, 2.05) is 0 Å². The molecule has 0 unspecified atom stereocenters. The molecule has 130 valence electrons. The van der Waals surface area contributed by atoms with Gasteiger partial charge in [-0.25, -0.2) is 14.3 Å². The van der Waals surface area contributed by atoms with E-state index >= 15 is 0 Å². The van der Waals surface area contributed by atoms with Crippen LogP contribution >= 0.6 is 0 Å². The molecule has 3 heterocycles. The highest BCUT2D eigenvalue weighted by molar-refractivity contribution is 5.63. The first-order chi connectivity index (χ1) is 11.7. The van der Waals surface area contributed by atoms with Crippen molar-refractivity contribution in [1.82, 2.24) is 24.6 Å². The standard InChI is InChI=1S/C15H12F3N5O2/c1-6-5-23-12(20-6)8(7-2-10(7)15(16,17)18)3-11(22-23)9-4-19-14(25)21-13(9)24/h3-5,7,10H,2H2,1H3,(H2,19,21,24,25)/t7-,10+/m1/s1. The van der Waals surface area contributed by atoms with Gasteiger partial charge >= 0.3 is 11.9 Å². The Labute approximate surface area is 137 Å². The Bertz CT molecular complexity index is 1090. The van der Waals surface area contributed by atoms with Crippen molar-refractivity contribution < 1.29 is 13.2 Å². The lowest BCUT2D eigenvalue weighted by Crippen LogP contribution is -2.23. The van der Waals surface area contributed by atoms with E-state index in [-0.39, 0.29) is 17.7 Å². The van der Waals surface area contributed by atoms with E-state index in [1.165, 1.54) is 16.8 Å². The molecule has 0 bridgehead atoms. The molecule has 2 atom stereocenters. The van der Waals surface area contributed by atoms with Crippen molar-refractivity contribution in [2.24, 2.45) is 5.92 Å². The molecule has 1 saturated carbocycles. The SMILES string of the molecule is Cc1cn2nc(-c3c[nH]c(=O)[nH]c3=O)cc([C@H]3C[C@@H]3C(F)(F)F)c2n1. The van der Waals surface area contributed by atoms with Gasteiger partial charge in [-0.1, -0.05) is 0 Å². The number of aryl methyl sites for hydroxylation is 1. The first-order valence-corrected chi connectivity index (χ1v) is 7.50. The summed E-state index contributed by atoms with van der Waals surface area (Å²) < 4.78 is 40.3. The van der Waals surface area contributed by atoms with Crippen LogP contribution in [0, 0.1) is 12.8 Å². The first-order valence-electron chi connectivity index (χ1n) is 7.50. The summed E-state index contributed by atoms with van der Waals surface area (Å²) in [5, 5.41) is 4.25. The predicted octanol–water partition coefficient (Wildman–Crippen LogP) is 1.75. The van der Waals surface area contributed by atoms with E-state index in [1.54, 1.807) is 13.1 Å². The van der Waals surface area contributed by atoms with Crippen LogP contribution in [0.4, 0.5) is 13.2 Å². The second-order valence-corrected chi connectivity index (χ2v) is 6.11. The topological polar surface area (TPSA) is 95.9 Å². The average molecular weight is 351 g/mol. The maximum absolute atomic E-state index is 13.0. The van der Waals surface area contributed by atoms with Crippen molar-refractivity contribution in [2.75, 3.05) is 0 Å². The van der Waals surface area contributed by atoms with Crippen molar-refractivity contribution in [1.29, 1.82) is 0 Å². The molecular formula is C15H12F3N5O2. The van der Waals surface area contributed by atoms with E-state index in [0.717, 1.165) is 0 Å². The number of fused-ring (bicyclic) bond motifs is 1. The summed E-state index contributed by atoms with van der Waals surface area (Å²) >= 11 is 0. The molecule has 3 aromatic rings. The Morgan fingerprint density at radius 2 is 2.08 bits per heavy atom. The van der Waals surface area contributed by atoms with Crippen LogP contribution in [-0.2, 0) is 0 Å². The molecule has 4 rings (SSSR count). The fourth-order valence-electron chi connectivity index (χ4n) is 3.02. The Kier molecular flexibility index (Phi) is 3.15. The van der Waals surface area contributed by atoms with Crippen LogP contribution in [0.1, 0.15) is 23.6 Å². The van der Waals surface area contributed by atoms with E-state index in [4.69, 9.17) is 0 Å². The second kappa shape index (κ2) is 5.04. The molecule has 0 aromatic carbocycles. The Balaban J connectivity index is 1.90. The zero-order valence-corrected chi connectivity index (χ0v) is 12.9. The van der Waals surface area contributed by atoms with Crippen LogP contribution in [0.2, 0.25) is 0 Å². The molecule has 1 aliphatic carbocycles. The van der Waals surface area contributed by atoms with Crippen molar-refractivity contribution in [3.63, 3.8) is 0 Å². The number of alkyl halides is 3. The van der Waals surface area contributed by atoms with E-state index in [0.29, 0.717) is 16.9 Å². The maximum Gasteiger partial charge on any atom is 0.392 e. The molecule has 0 aliphatic heterocycles. The van der Waals surface area contributed by atoms with Crippen molar-refractivity contribution in [3.8, 4) is 11.3 Å². The smallest absolute Gasteiger partial charge is 0.313 e. The normalized spacial score (nSPS) is 20.2. The highest BCUT2D eigenvalue weighted by Gasteiger charge is 2.56. The zero-order valence-electron chi connectivity index (χ0n) is 12.9. The Hall–Kier alpha value is -2.91. The summed E-state index contributed by atoms with van der Waals surface area (Å²) in [6.45, 7) is 1.71. The molecular weight excluding hydrogens is 339 g/mol. The van der Waals surface area contributed by atoms with E-state index in [2.05, 4.69) is 20.1 Å². The van der Waals surface area contributed by atoms with Gasteiger partial charge in [0.05, 0.1) is 29.1 Å². The number of rotatable bonds is 2. The van der Waals surface area contributed by atoms with Gasteiger partial charge in [0, 0.05) is 11.8 Å². The third-order valence-corrected chi connectivity index (χ3v) is 4.28. The number of aromatic nitrogens is 5. The number of halogens is 3. The van der Waals surface area contributed by atoms with Gasteiger partial charge < -0.3 is 4.98 Å². The highest BCUT2D eigenvalue weighted by Crippen LogP contribution is 2.56. The quantitative estimate of drug-likeness (QED) is 0.735. The van der Waals surface area contributed by atoms with Crippen molar-refractivity contribution in [3.05, 3.63) is 50.6 Å². The van der Waals surface area contributed by atoms with Gasteiger partial charge in [0.25, 0.3) is 5.56 Å². The number of aromatic amines is 2. The van der Waals surface area contributed by atoms with Crippen LogP contribution in [0.25, 0.3) is 16.9 Å². The number of nitrogens with one attached hydrogen (secondary N) is 2. The van der Waals surface area contributed by atoms with Crippen molar-refractivity contribution >= 4 is 5.65 Å². The first kappa shape index (κ1) is 15.6. The number of nitrogens with zero attached hydrogens (tertiary/aromatic N) is 3. The summed E-state index contributed by atoms with van der Waals surface area (Å²) in [7, 11) is 0. The summed E-state index contributed by atoms with van der Waals surface area (Å²) in [5.74, 6) is -2.13. The number of imidazole rings is 1. The van der Waals surface area contributed by atoms with Gasteiger partial charge in [-0.15, -0.1) is 0 Å². The van der Waals surface area contributed by atoms with Crippen LogP contribution < -0.4 is 11.2 Å². The third-order valence-electron chi connectivity index (χ3n) is 4.28. The van der Waals surface area contributed by atoms with Gasteiger partial charge in [0.2, 0.25) is 0 Å². The van der Waals surface area contributed by atoms with Crippen LogP contribution in [0.15, 0.2) is 28.0 Å². The molecule has 0 amide bonds. The molecule has 25 heavy (non-hydrogen) atoms. The van der Waals surface area contributed by atoms with E-state index in [9.17, 15) is 22.8 Å². The summed E-state index contributed by atoms with van der Waals surface area (Å²) in [4.78, 5) is 31.8. The summed E-state index contributed by atoms with van der Waals surface area (Å²) in [6.07, 6.45) is -1.52. The molecule has 0 saturated heterocycles. The van der Waals surface area contributed by atoms with Crippen LogP contribution in [0.3, 0.4) is 0 Å². The lowest BCUT2D eigenvalue weighted by molar-refractivity contribution is -0.148. The molecule has 1 aliphatic rings. The van der Waals surface area contributed by atoms with Gasteiger partial charge in [-0.2, -0.15) is 18.3 Å². The largest absolute Gasteiger partial charge is 0.392 e. The lowest BCUT2D eigenvalue weighted by Gasteiger charge is -2.08. The van der Waals surface area contributed by atoms with Gasteiger partial charge in [-0.05, 0) is 25.3 Å². The minimum absolute atomic E-state index is 0.0174. The predicted molar refractivity (Wildman–Crippen MR) is 81.3 cm³/mol. The van der Waals surface area contributed by atoms with Crippen LogP contribution in [0.5, 0.6) is 0 Å². The maximum atomic E-state index is 13.0. The molecule has 0 radical (unpaired) electrons. The lowest BCUT2D eigenvalue weighted by atomic mass is 10.1. The molecule has 2 N–H and O–H groups in total. The second-order valence-electron chi connectivity index (χ2n) is 6.11. The third kappa shape index (κ3) is 2.63. The number of hydrogen-bond donors (Lipinski definition) is 2. The monoisotopic (exact) mass is 351 g/mol. The molecule has 3 aromatic heterocycles. The molecule has 0 spiro atoms. The minimum Gasteiger partial charge on any atom is -0.313 e. The Morgan fingerprint density at radius 3 is 2.72 bits per heavy atom. The van der Waals surface area contributed by atoms with Crippen LogP contribution in [-0.4, -0.2) is 30.7 Å². The molecule has 1 fully saturated rings. The number of H-pyrrole nitrogens is 2. The van der Waals surface area contributed by atoms with Gasteiger partial charge in [0.15, 0.2) is 5.65 Å². The molecule has 7 nitrogen and oxygen atoms in total. The summed E-state index contributed by atoms with van der Waals surface area (Å²) in [6, 6.07) is 1.45. The van der Waals surface area contributed by atoms with E-state index < -0.39 is 29.3 Å². The highest BCUT2D eigenvalue weighted by atomic mass is 19.4. The van der Waals surface area contributed by atoms with Crippen molar-refractivity contribution in [2.45, 2.75) is 25.4 Å². The zero-order chi connectivity index (χ0) is 17.9. The fourth-order valence-corrected chi connectivity index (χ4v) is 3.02. The summed E-state index contributed by atoms with van der Waals surface area (Å²) in [5.41, 5.74) is 0.244. The molecule has 10 heteroatoms. The average Bonchev–Trinajstić information content (AvgIpc) is 3.22. The number of hydrogen-bond acceptors (Lipinski definition) is 4. The van der Waals surface area contributed by atoms with Gasteiger partial charge in [-0.3, -0.25) is 9.78 Å². The Morgan fingerprint density at radius 1 is 1.32 bits per heavy atom. The fraction of sp³-hybridized carbons (Fsp3) is 0.333. The minimum atomic E-state index is -4.28.